The molecule has 1 heterocycles. The van der Waals surface area contributed by atoms with Crippen molar-refractivity contribution in [1.82, 2.24) is 15.2 Å². The minimum absolute atomic E-state index is 0.0450. The maximum absolute atomic E-state index is 13.5. The number of H-pyrrole nitrogens is 1. The van der Waals surface area contributed by atoms with E-state index >= 15 is 0 Å². The van der Waals surface area contributed by atoms with Gasteiger partial charge < -0.3 is 4.74 Å². The highest BCUT2D eigenvalue weighted by Gasteiger charge is 2.55. The lowest BCUT2D eigenvalue weighted by Gasteiger charge is -2.37. The fraction of sp³-hybridized carbons (Fsp3) is 0.250. The summed E-state index contributed by atoms with van der Waals surface area (Å²) in [7, 11) is 1.56. The average molecular weight is 498 g/mol. The molecule has 9 heteroatoms. The van der Waals surface area contributed by atoms with Crippen LogP contribution in [0.15, 0.2) is 72.8 Å². The van der Waals surface area contributed by atoms with Gasteiger partial charge in [-0.25, -0.2) is 0 Å². The van der Waals surface area contributed by atoms with Crippen LogP contribution in [0.3, 0.4) is 0 Å². The van der Waals surface area contributed by atoms with Crippen LogP contribution in [0.5, 0.6) is 5.75 Å². The van der Waals surface area contributed by atoms with Gasteiger partial charge >= 0.3 is 0 Å². The van der Waals surface area contributed by atoms with Gasteiger partial charge in [0.2, 0.25) is 11.9 Å². The molecule has 3 aromatic carbocycles. The Morgan fingerprint density at radius 3 is 2.27 bits per heavy atom. The van der Waals surface area contributed by atoms with Crippen molar-refractivity contribution in [3.05, 3.63) is 105 Å². The molecule has 1 amide bonds. The molecule has 4 aromatic rings. The normalized spacial score (nSPS) is 13.8. The number of rotatable bonds is 7. The molecule has 1 aliphatic carbocycles. The van der Waals surface area contributed by atoms with E-state index in [0.29, 0.717) is 34.7 Å². The van der Waals surface area contributed by atoms with Gasteiger partial charge in [-0.3, -0.25) is 25.3 Å². The van der Waals surface area contributed by atoms with E-state index in [0.717, 1.165) is 11.1 Å². The number of aromatic nitrogens is 3. The first-order valence-electron chi connectivity index (χ1n) is 11.9. The van der Waals surface area contributed by atoms with Crippen molar-refractivity contribution in [2.45, 2.75) is 32.2 Å². The number of benzene rings is 3. The Labute approximate surface area is 214 Å². The molecule has 0 unspecified atom stereocenters. The molecule has 0 atom stereocenters. The molecule has 0 bridgehead atoms. The topological polar surface area (TPSA) is 123 Å². The summed E-state index contributed by atoms with van der Waals surface area (Å²) < 4.78 is 5.38. The number of hydrogen-bond donors (Lipinski definition) is 2. The zero-order chi connectivity index (χ0) is 26.2. The number of carbonyl (C=O) groups excluding carboxylic acids is 1. The van der Waals surface area contributed by atoms with Crippen LogP contribution < -0.4 is 10.1 Å². The van der Waals surface area contributed by atoms with E-state index in [4.69, 9.17) is 4.74 Å². The number of amides is 1. The summed E-state index contributed by atoms with van der Waals surface area (Å²) >= 11 is 0. The molecule has 0 fully saturated rings. The van der Waals surface area contributed by atoms with Crippen molar-refractivity contribution in [2.24, 2.45) is 5.41 Å². The molecule has 37 heavy (non-hydrogen) atoms. The molecule has 0 saturated heterocycles. The Morgan fingerprint density at radius 2 is 1.65 bits per heavy atom. The fourth-order valence-corrected chi connectivity index (χ4v) is 5.23. The molecular weight excluding hydrogens is 470 g/mol. The molecule has 0 spiro atoms. The standard InChI is InChI=1S/C28H27N5O4/c1-27(2,25(34)30-26-29-24(31-32-26)20-12-6-9-15-23(20)37-3)17-28(33(35)36)21-13-7-4-10-18(21)16-19-11-5-8-14-22(19)28/h4-15H,16-17H2,1-3H3,(H2,29,30,31,32,34). The zero-order valence-electron chi connectivity index (χ0n) is 20.8. The third kappa shape index (κ3) is 4.12. The van der Waals surface area contributed by atoms with Crippen LogP contribution >= 0.6 is 0 Å². The molecule has 188 valence electrons. The van der Waals surface area contributed by atoms with Gasteiger partial charge in [-0.1, -0.05) is 74.5 Å². The second-order valence-corrected chi connectivity index (χ2v) is 9.83. The van der Waals surface area contributed by atoms with Crippen molar-refractivity contribution < 1.29 is 14.5 Å². The van der Waals surface area contributed by atoms with E-state index in [9.17, 15) is 14.9 Å². The van der Waals surface area contributed by atoms with E-state index in [1.807, 2.05) is 54.6 Å². The monoisotopic (exact) mass is 497 g/mol. The lowest BCUT2D eigenvalue weighted by atomic mass is 9.65. The van der Waals surface area contributed by atoms with Crippen molar-refractivity contribution >= 4 is 11.9 Å². The minimum atomic E-state index is -1.58. The van der Waals surface area contributed by atoms with E-state index in [-0.39, 0.29) is 17.3 Å². The number of fused-ring (bicyclic) bond motifs is 2. The molecule has 0 aliphatic heterocycles. The van der Waals surface area contributed by atoms with Crippen LogP contribution in [0.2, 0.25) is 0 Å². The summed E-state index contributed by atoms with van der Waals surface area (Å²) in [6.07, 6.45) is 0.564. The number of nitrogens with zero attached hydrogens (tertiary/aromatic N) is 3. The Morgan fingerprint density at radius 1 is 1.05 bits per heavy atom. The van der Waals surface area contributed by atoms with Crippen LogP contribution in [-0.4, -0.2) is 33.1 Å². The largest absolute Gasteiger partial charge is 0.496 e. The number of aromatic amines is 1. The maximum Gasteiger partial charge on any atom is 0.273 e. The average Bonchev–Trinajstić information content (AvgIpc) is 3.36. The first kappa shape index (κ1) is 24.2. The predicted octanol–water partition coefficient (Wildman–Crippen LogP) is 4.96. The van der Waals surface area contributed by atoms with Crippen molar-refractivity contribution in [1.29, 1.82) is 0 Å². The van der Waals surface area contributed by atoms with Crippen molar-refractivity contribution in [3.8, 4) is 17.1 Å². The number of ether oxygens (including phenoxy) is 1. The summed E-state index contributed by atoms with van der Waals surface area (Å²) in [5.74, 6) is 0.709. The van der Waals surface area contributed by atoms with Gasteiger partial charge in [0.05, 0.1) is 18.1 Å². The second kappa shape index (κ2) is 9.16. The summed E-state index contributed by atoms with van der Waals surface area (Å²) in [5, 5.41) is 22.6. The Kier molecular flexibility index (Phi) is 5.99. The number of hydrogen-bond acceptors (Lipinski definition) is 6. The van der Waals surface area contributed by atoms with E-state index in [2.05, 4.69) is 20.5 Å². The fourth-order valence-electron chi connectivity index (χ4n) is 5.23. The molecule has 1 aliphatic rings. The number of nitrogens with one attached hydrogen (secondary N) is 2. The summed E-state index contributed by atoms with van der Waals surface area (Å²) in [4.78, 5) is 30.6. The molecule has 0 radical (unpaired) electrons. The molecular formula is C28H27N5O4. The van der Waals surface area contributed by atoms with Crippen LogP contribution in [0.4, 0.5) is 5.95 Å². The first-order valence-corrected chi connectivity index (χ1v) is 11.9. The Balaban J connectivity index is 1.48. The van der Waals surface area contributed by atoms with Crippen LogP contribution in [0, 0.1) is 15.5 Å². The third-order valence-electron chi connectivity index (χ3n) is 7.00. The third-order valence-corrected chi connectivity index (χ3v) is 7.00. The second-order valence-electron chi connectivity index (χ2n) is 9.83. The maximum atomic E-state index is 13.5. The molecule has 0 saturated carbocycles. The van der Waals surface area contributed by atoms with Crippen LogP contribution in [-0.2, 0) is 16.8 Å². The van der Waals surface area contributed by atoms with Crippen LogP contribution in [0.25, 0.3) is 11.4 Å². The molecule has 5 rings (SSSR count). The smallest absolute Gasteiger partial charge is 0.273 e. The summed E-state index contributed by atoms with van der Waals surface area (Å²) in [6, 6.07) is 22.2. The first-order chi connectivity index (χ1) is 17.8. The van der Waals surface area contributed by atoms with Gasteiger partial charge in [0.25, 0.3) is 5.54 Å². The molecule has 9 nitrogen and oxygen atoms in total. The lowest BCUT2D eigenvalue weighted by molar-refractivity contribution is -0.570. The van der Waals surface area contributed by atoms with Gasteiger partial charge in [0.15, 0.2) is 5.82 Å². The van der Waals surface area contributed by atoms with Crippen molar-refractivity contribution in [3.63, 3.8) is 0 Å². The Bertz CT molecular complexity index is 1450. The number of nitro groups is 1. The zero-order valence-corrected chi connectivity index (χ0v) is 20.8. The quantitative estimate of drug-likeness (QED) is 0.275. The molecule has 2 N–H and O–H groups in total. The van der Waals surface area contributed by atoms with E-state index in [1.165, 1.54) is 0 Å². The summed E-state index contributed by atoms with van der Waals surface area (Å²) in [5.41, 5.74) is 1.00. The number of anilines is 1. The Hall–Kier alpha value is -4.53. The van der Waals surface area contributed by atoms with Gasteiger partial charge in [0, 0.05) is 22.5 Å². The van der Waals surface area contributed by atoms with Crippen molar-refractivity contribution in [2.75, 3.05) is 12.4 Å². The van der Waals surface area contributed by atoms with Crippen LogP contribution in [0.1, 0.15) is 42.5 Å². The lowest BCUT2D eigenvalue weighted by Crippen LogP contribution is -2.47. The predicted molar refractivity (Wildman–Crippen MR) is 139 cm³/mol. The highest BCUT2D eigenvalue weighted by molar-refractivity contribution is 5.93. The SMILES string of the molecule is COc1ccccc1-c1nc(NC(=O)C(C)(C)CC2([N+](=O)[O-])c3ccccc3Cc3ccccc32)n[nH]1. The van der Waals surface area contributed by atoms with E-state index in [1.54, 1.807) is 39.2 Å². The molecule has 1 aromatic heterocycles. The number of methoxy groups -OCH3 is 1. The number of carbonyl (C=O) groups is 1. The van der Waals surface area contributed by atoms with Gasteiger partial charge in [-0.05, 0) is 29.7 Å². The minimum Gasteiger partial charge on any atom is -0.496 e. The van der Waals surface area contributed by atoms with Gasteiger partial charge in [-0.15, -0.1) is 5.10 Å². The highest BCUT2D eigenvalue weighted by atomic mass is 16.6. The number of para-hydroxylation sites is 1. The van der Waals surface area contributed by atoms with Gasteiger partial charge in [-0.2, -0.15) is 4.98 Å². The van der Waals surface area contributed by atoms with Gasteiger partial charge in [0.1, 0.15) is 5.75 Å². The summed E-state index contributed by atoms with van der Waals surface area (Å²) in [6.45, 7) is 3.42. The van der Waals surface area contributed by atoms with E-state index < -0.39 is 16.9 Å². The highest BCUT2D eigenvalue weighted by Crippen LogP contribution is 2.48.